The average Bonchev–Trinajstić information content (AvgIpc) is 2.94. The Hall–Kier alpha value is -2.69. The molecule has 0 aliphatic carbocycles. The van der Waals surface area contributed by atoms with Gasteiger partial charge in [0.25, 0.3) is 0 Å². The van der Waals surface area contributed by atoms with Gasteiger partial charge in [-0.2, -0.15) is 0 Å². The first-order valence-corrected chi connectivity index (χ1v) is 8.32. The molecule has 0 unspecified atom stereocenters. The van der Waals surface area contributed by atoms with Crippen LogP contribution in [0.4, 0.5) is 10.1 Å². The van der Waals surface area contributed by atoms with Crippen molar-refractivity contribution in [2.24, 2.45) is 5.92 Å². The van der Waals surface area contributed by atoms with Crippen LogP contribution in [0, 0.1) is 25.6 Å². The fraction of sp³-hybridized carbons (Fsp3) is 0.300. The van der Waals surface area contributed by atoms with Gasteiger partial charge in [0, 0.05) is 25.2 Å². The van der Waals surface area contributed by atoms with Crippen molar-refractivity contribution in [3.05, 3.63) is 65.0 Å². The van der Waals surface area contributed by atoms with E-state index in [0.29, 0.717) is 13.1 Å². The molecule has 1 N–H and O–H groups in total. The summed E-state index contributed by atoms with van der Waals surface area (Å²) in [4.78, 5) is 26.3. The van der Waals surface area contributed by atoms with Gasteiger partial charge in [-0.05, 0) is 54.8 Å². The summed E-state index contributed by atoms with van der Waals surface area (Å²) < 4.78 is 13.0. The minimum atomic E-state index is -0.366. The van der Waals surface area contributed by atoms with Crippen LogP contribution in [-0.4, -0.2) is 23.3 Å². The zero-order chi connectivity index (χ0) is 18.0. The molecule has 4 nitrogen and oxygen atoms in total. The summed E-state index contributed by atoms with van der Waals surface area (Å²) in [7, 11) is 0. The highest BCUT2D eigenvalue weighted by atomic mass is 19.1. The van der Waals surface area contributed by atoms with E-state index in [9.17, 15) is 14.0 Å². The van der Waals surface area contributed by atoms with E-state index in [1.807, 2.05) is 32.0 Å². The Balaban J connectivity index is 1.62. The Morgan fingerprint density at radius 2 is 1.88 bits per heavy atom. The third-order valence-electron chi connectivity index (χ3n) is 4.65. The van der Waals surface area contributed by atoms with Crippen LogP contribution in [0.3, 0.4) is 0 Å². The molecule has 1 aliphatic rings. The number of nitrogens with one attached hydrogen (secondary N) is 1. The largest absolute Gasteiger partial charge is 0.338 e. The summed E-state index contributed by atoms with van der Waals surface area (Å²) in [5.74, 6) is -0.862. The van der Waals surface area contributed by atoms with Crippen LogP contribution < -0.4 is 5.32 Å². The van der Waals surface area contributed by atoms with Gasteiger partial charge < -0.3 is 10.2 Å². The molecule has 5 heteroatoms. The monoisotopic (exact) mass is 340 g/mol. The average molecular weight is 340 g/mol. The van der Waals surface area contributed by atoms with Gasteiger partial charge in [-0.1, -0.05) is 18.2 Å². The lowest BCUT2D eigenvalue weighted by Crippen LogP contribution is -2.28. The van der Waals surface area contributed by atoms with E-state index < -0.39 is 0 Å². The van der Waals surface area contributed by atoms with E-state index in [1.165, 1.54) is 17.7 Å². The Morgan fingerprint density at radius 1 is 1.16 bits per heavy atom. The van der Waals surface area contributed by atoms with Crippen LogP contribution in [0.25, 0.3) is 0 Å². The van der Waals surface area contributed by atoms with E-state index in [2.05, 4.69) is 5.32 Å². The number of carbonyl (C=O) groups is 2. The third kappa shape index (κ3) is 4.05. The van der Waals surface area contributed by atoms with Gasteiger partial charge in [0.05, 0.1) is 5.92 Å². The van der Waals surface area contributed by atoms with Crippen molar-refractivity contribution in [3.8, 4) is 0 Å². The van der Waals surface area contributed by atoms with Crippen molar-refractivity contribution >= 4 is 17.5 Å². The zero-order valence-corrected chi connectivity index (χ0v) is 14.4. The number of hydrogen-bond donors (Lipinski definition) is 1. The molecule has 25 heavy (non-hydrogen) atoms. The molecule has 1 aliphatic heterocycles. The van der Waals surface area contributed by atoms with Crippen molar-refractivity contribution in [3.63, 3.8) is 0 Å². The molecule has 0 spiro atoms. The highest BCUT2D eigenvalue weighted by Gasteiger charge is 2.34. The van der Waals surface area contributed by atoms with Crippen molar-refractivity contribution in [1.29, 1.82) is 0 Å². The van der Waals surface area contributed by atoms with E-state index in [4.69, 9.17) is 0 Å². The van der Waals surface area contributed by atoms with Crippen LogP contribution >= 0.6 is 0 Å². The number of rotatable bonds is 4. The number of nitrogens with zero attached hydrogens (tertiary/aromatic N) is 1. The maximum Gasteiger partial charge on any atom is 0.229 e. The van der Waals surface area contributed by atoms with Gasteiger partial charge in [0.15, 0.2) is 0 Å². The third-order valence-corrected chi connectivity index (χ3v) is 4.65. The Morgan fingerprint density at radius 3 is 2.56 bits per heavy atom. The number of halogens is 1. The molecule has 2 amide bonds. The lowest BCUT2D eigenvalue weighted by Gasteiger charge is -2.17. The van der Waals surface area contributed by atoms with E-state index in [0.717, 1.165) is 16.8 Å². The van der Waals surface area contributed by atoms with Crippen molar-refractivity contribution in [2.45, 2.75) is 26.8 Å². The van der Waals surface area contributed by atoms with Gasteiger partial charge >= 0.3 is 0 Å². The molecule has 0 saturated carbocycles. The molecule has 2 aromatic carbocycles. The molecule has 0 bridgehead atoms. The fourth-order valence-electron chi connectivity index (χ4n) is 2.97. The Bertz CT molecular complexity index is 802. The van der Waals surface area contributed by atoms with Gasteiger partial charge in [0.2, 0.25) is 11.8 Å². The topological polar surface area (TPSA) is 49.4 Å². The van der Waals surface area contributed by atoms with Crippen molar-refractivity contribution in [2.75, 3.05) is 11.9 Å². The zero-order valence-electron chi connectivity index (χ0n) is 14.4. The second-order valence-corrected chi connectivity index (χ2v) is 6.59. The quantitative estimate of drug-likeness (QED) is 0.927. The first-order chi connectivity index (χ1) is 11.9. The SMILES string of the molecule is Cc1ccc(NC(=O)[C@@H]2CC(=O)N(Cc3ccc(F)cc3)C2)cc1C. The molecule has 130 valence electrons. The van der Waals surface area contributed by atoms with Crippen LogP contribution in [-0.2, 0) is 16.1 Å². The molecule has 1 fully saturated rings. The number of carbonyl (C=O) groups excluding carboxylic acids is 2. The first kappa shape index (κ1) is 17.1. The molecule has 2 aromatic rings. The molecular weight excluding hydrogens is 319 g/mol. The maximum absolute atomic E-state index is 13.0. The van der Waals surface area contributed by atoms with Gasteiger partial charge in [-0.3, -0.25) is 9.59 Å². The lowest BCUT2D eigenvalue weighted by molar-refractivity contribution is -0.128. The predicted molar refractivity (Wildman–Crippen MR) is 94.5 cm³/mol. The Kier molecular flexibility index (Phi) is 4.83. The number of hydrogen-bond acceptors (Lipinski definition) is 2. The number of amides is 2. The highest BCUT2D eigenvalue weighted by Crippen LogP contribution is 2.23. The summed E-state index contributed by atoms with van der Waals surface area (Å²) in [6.07, 6.45) is 0.206. The summed E-state index contributed by atoms with van der Waals surface area (Å²) in [5.41, 5.74) is 3.88. The summed E-state index contributed by atoms with van der Waals surface area (Å²) >= 11 is 0. The fourth-order valence-corrected chi connectivity index (χ4v) is 2.97. The Labute approximate surface area is 146 Å². The summed E-state index contributed by atoms with van der Waals surface area (Å²) in [5, 5.41) is 2.90. The second kappa shape index (κ2) is 7.05. The first-order valence-electron chi connectivity index (χ1n) is 8.32. The number of benzene rings is 2. The normalized spacial score (nSPS) is 17.0. The maximum atomic E-state index is 13.0. The number of aryl methyl sites for hydroxylation is 2. The number of anilines is 1. The summed E-state index contributed by atoms with van der Waals surface area (Å²) in [6, 6.07) is 11.8. The highest BCUT2D eigenvalue weighted by molar-refractivity contribution is 5.97. The minimum Gasteiger partial charge on any atom is -0.338 e. The molecule has 1 heterocycles. The molecule has 1 saturated heterocycles. The van der Waals surface area contributed by atoms with E-state index >= 15 is 0 Å². The van der Waals surface area contributed by atoms with Gasteiger partial charge in [0.1, 0.15) is 5.82 Å². The molecule has 1 atom stereocenters. The van der Waals surface area contributed by atoms with E-state index in [-0.39, 0.29) is 30.0 Å². The number of likely N-dealkylation sites (tertiary alicyclic amines) is 1. The second-order valence-electron chi connectivity index (χ2n) is 6.59. The molecule has 3 rings (SSSR count). The van der Waals surface area contributed by atoms with Gasteiger partial charge in [-0.25, -0.2) is 4.39 Å². The molecule has 0 aromatic heterocycles. The van der Waals surface area contributed by atoms with Crippen LogP contribution in [0.15, 0.2) is 42.5 Å². The molecule has 0 radical (unpaired) electrons. The van der Waals surface area contributed by atoms with Crippen LogP contribution in [0.2, 0.25) is 0 Å². The predicted octanol–water partition coefficient (Wildman–Crippen LogP) is 3.43. The van der Waals surface area contributed by atoms with Crippen LogP contribution in [0.5, 0.6) is 0 Å². The van der Waals surface area contributed by atoms with E-state index in [1.54, 1.807) is 17.0 Å². The summed E-state index contributed by atoms with van der Waals surface area (Å²) in [6.45, 7) is 4.79. The molecular formula is C20H21FN2O2. The standard InChI is InChI=1S/C20H21FN2O2/c1-13-3-8-18(9-14(13)2)22-20(25)16-10-19(24)23(12-16)11-15-4-6-17(21)7-5-15/h3-9,16H,10-12H2,1-2H3,(H,22,25)/t16-/m1/s1. The smallest absolute Gasteiger partial charge is 0.229 e. The van der Waals surface area contributed by atoms with Crippen molar-refractivity contribution in [1.82, 2.24) is 4.90 Å². The van der Waals surface area contributed by atoms with Crippen LogP contribution in [0.1, 0.15) is 23.1 Å². The van der Waals surface area contributed by atoms with Crippen molar-refractivity contribution < 1.29 is 14.0 Å². The lowest BCUT2D eigenvalue weighted by atomic mass is 10.1. The van der Waals surface area contributed by atoms with Gasteiger partial charge in [-0.15, -0.1) is 0 Å². The minimum absolute atomic E-state index is 0.0513.